The van der Waals surface area contributed by atoms with Crippen molar-refractivity contribution in [1.82, 2.24) is 24.9 Å². The van der Waals surface area contributed by atoms with Crippen molar-refractivity contribution in [3.05, 3.63) is 65.7 Å². The van der Waals surface area contributed by atoms with Crippen molar-refractivity contribution in [1.29, 1.82) is 0 Å². The van der Waals surface area contributed by atoms with Gasteiger partial charge in [-0.05, 0) is 111 Å². The Morgan fingerprint density at radius 2 is 1.59 bits per heavy atom. The largest absolute Gasteiger partial charge is 0.508 e. The van der Waals surface area contributed by atoms with Gasteiger partial charge < -0.3 is 25.1 Å². The van der Waals surface area contributed by atoms with Crippen LogP contribution in [0.4, 0.5) is 0 Å². The average molecular weight is 662 g/mol. The fourth-order valence-electron chi connectivity index (χ4n) is 8.55. The Labute approximate surface area is 288 Å². The van der Waals surface area contributed by atoms with Crippen LogP contribution in [0, 0.1) is 11.8 Å². The highest BCUT2D eigenvalue weighted by molar-refractivity contribution is 7.80. The van der Waals surface area contributed by atoms with E-state index in [1.54, 1.807) is 0 Å². The van der Waals surface area contributed by atoms with E-state index in [0.717, 1.165) is 68.3 Å². The lowest BCUT2D eigenvalue weighted by molar-refractivity contribution is 0.156. The van der Waals surface area contributed by atoms with Crippen LogP contribution in [-0.2, 0) is 12.8 Å². The van der Waals surface area contributed by atoms with Crippen molar-refractivity contribution >= 4 is 34.7 Å². The molecule has 0 amide bonds. The van der Waals surface area contributed by atoms with Gasteiger partial charge in [-0.1, -0.05) is 75.6 Å². The number of hydrogen-bond donors (Lipinski definition) is 2. The molecule has 46 heavy (non-hydrogen) atoms. The van der Waals surface area contributed by atoms with Gasteiger partial charge in [-0.25, -0.2) is 0 Å². The fraction of sp³-hybridized carbons (Fsp3) is 0.632. The zero-order valence-corrected chi connectivity index (χ0v) is 29.7. The first kappa shape index (κ1) is 33.5. The highest BCUT2D eigenvalue weighted by Crippen LogP contribution is 2.31. The Kier molecular flexibility index (Phi) is 11.4. The third-order valence-corrected chi connectivity index (χ3v) is 11.8. The molecule has 250 valence electrons. The molecule has 8 heteroatoms. The van der Waals surface area contributed by atoms with Crippen LogP contribution in [0.5, 0.6) is 5.75 Å². The number of likely N-dealkylation sites (tertiary alicyclic amines) is 1. The van der Waals surface area contributed by atoms with E-state index < -0.39 is 0 Å². The minimum Gasteiger partial charge on any atom is -0.508 e. The van der Waals surface area contributed by atoms with Crippen molar-refractivity contribution in [2.45, 2.75) is 102 Å². The number of phenols is 1. The van der Waals surface area contributed by atoms with Crippen molar-refractivity contribution in [2.24, 2.45) is 11.8 Å². The molecule has 1 saturated carbocycles. The molecule has 6 rings (SSSR count). The molecule has 4 atom stereocenters. The van der Waals surface area contributed by atoms with E-state index in [2.05, 4.69) is 81.2 Å². The molecule has 2 aromatic carbocycles. The SMILES string of the molecule is CC(C)C[C@H]1CNC(=S)N1C[C@H]1CCCN1C[C@H](Cc1ccc(O)cc1)N1C[C@H](Cc2ccccc2)N(CC2CCCCC2)C1=S. The lowest BCUT2D eigenvalue weighted by atomic mass is 9.88. The molecule has 3 saturated heterocycles. The molecule has 0 aromatic heterocycles. The van der Waals surface area contributed by atoms with E-state index >= 15 is 0 Å². The average Bonchev–Trinajstić information content (AvgIpc) is 3.73. The quantitative estimate of drug-likeness (QED) is 0.237. The summed E-state index contributed by atoms with van der Waals surface area (Å²) < 4.78 is 0. The first-order chi connectivity index (χ1) is 22.3. The molecule has 1 aliphatic carbocycles. The number of thiocarbonyl (C=S) groups is 2. The van der Waals surface area contributed by atoms with Gasteiger partial charge in [0, 0.05) is 50.8 Å². The number of rotatable bonds is 13. The summed E-state index contributed by atoms with van der Waals surface area (Å²) in [6.07, 6.45) is 12.3. The molecule has 4 fully saturated rings. The van der Waals surface area contributed by atoms with Gasteiger partial charge in [0.05, 0.1) is 6.04 Å². The molecule has 0 bridgehead atoms. The number of phenolic OH excluding ortho intramolecular Hbond substituents is 1. The van der Waals surface area contributed by atoms with Gasteiger partial charge >= 0.3 is 0 Å². The number of aromatic hydroxyl groups is 1. The Morgan fingerprint density at radius 3 is 2.33 bits per heavy atom. The summed E-state index contributed by atoms with van der Waals surface area (Å²) in [6.45, 7) is 10.8. The van der Waals surface area contributed by atoms with Gasteiger partial charge in [0.1, 0.15) is 5.75 Å². The maximum absolute atomic E-state index is 10.0. The summed E-state index contributed by atoms with van der Waals surface area (Å²) in [4.78, 5) is 10.5. The molecule has 3 heterocycles. The first-order valence-electron chi connectivity index (χ1n) is 18.0. The van der Waals surface area contributed by atoms with Crippen LogP contribution in [0.3, 0.4) is 0 Å². The van der Waals surface area contributed by atoms with Crippen LogP contribution in [0.15, 0.2) is 54.6 Å². The summed E-state index contributed by atoms with van der Waals surface area (Å²) in [5.41, 5.74) is 2.65. The van der Waals surface area contributed by atoms with Gasteiger partial charge in [-0.15, -0.1) is 0 Å². The van der Waals surface area contributed by atoms with E-state index in [1.807, 2.05) is 12.1 Å². The second-order valence-electron chi connectivity index (χ2n) is 14.9. The van der Waals surface area contributed by atoms with Crippen LogP contribution in [0.25, 0.3) is 0 Å². The molecule has 3 aliphatic heterocycles. The monoisotopic (exact) mass is 661 g/mol. The minimum absolute atomic E-state index is 0.266. The van der Waals surface area contributed by atoms with Gasteiger partial charge in [-0.2, -0.15) is 0 Å². The molecule has 6 nitrogen and oxygen atoms in total. The Balaban J connectivity index is 1.23. The van der Waals surface area contributed by atoms with E-state index in [-0.39, 0.29) is 6.04 Å². The van der Waals surface area contributed by atoms with Gasteiger partial charge in [0.2, 0.25) is 0 Å². The number of nitrogens with one attached hydrogen (secondary N) is 1. The fourth-order valence-corrected chi connectivity index (χ4v) is 9.31. The van der Waals surface area contributed by atoms with Crippen LogP contribution in [0.1, 0.15) is 76.3 Å². The highest BCUT2D eigenvalue weighted by atomic mass is 32.1. The highest BCUT2D eigenvalue weighted by Gasteiger charge is 2.41. The van der Waals surface area contributed by atoms with Crippen LogP contribution in [0.2, 0.25) is 0 Å². The van der Waals surface area contributed by atoms with Crippen LogP contribution in [-0.4, -0.2) is 98.4 Å². The van der Waals surface area contributed by atoms with Crippen LogP contribution < -0.4 is 5.32 Å². The second kappa shape index (κ2) is 15.7. The van der Waals surface area contributed by atoms with Crippen molar-refractivity contribution in [3.8, 4) is 5.75 Å². The molecule has 2 N–H and O–H groups in total. The van der Waals surface area contributed by atoms with Crippen molar-refractivity contribution in [3.63, 3.8) is 0 Å². The number of hydrogen-bond acceptors (Lipinski definition) is 4. The predicted molar refractivity (Wildman–Crippen MR) is 197 cm³/mol. The van der Waals surface area contributed by atoms with Crippen molar-refractivity contribution in [2.75, 3.05) is 39.3 Å². The molecule has 2 aromatic rings. The zero-order chi connectivity index (χ0) is 32.0. The van der Waals surface area contributed by atoms with E-state index in [9.17, 15) is 5.11 Å². The number of nitrogens with zero attached hydrogens (tertiary/aromatic N) is 4. The molecule has 0 unspecified atom stereocenters. The lowest BCUT2D eigenvalue weighted by Gasteiger charge is -2.38. The van der Waals surface area contributed by atoms with Gasteiger partial charge in [0.25, 0.3) is 0 Å². The second-order valence-corrected chi connectivity index (χ2v) is 15.6. The lowest BCUT2D eigenvalue weighted by Crippen LogP contribution is -2.51. The third-order valence-electron chi connectivity index (χ3n) is 11.0. The maximum Gasteiger partial charge on any atom is 0.172 e. The number of benzene rings is 2. The standard InChI is InChI=1S/C38H55N5OS2/c1-28(2)20-33-23-39-37(45)41(33)26-32-14-9-19-40(32)25-34(22-30-15-17-36(44)18-16-30)43-27-35(21-29-10-5-3-6-11-29)42(38(43)46)24-31-12-7-4-8-13-31/h3,5-6,10-11,15-18,28,31-35,44H,4,7-9,12-14,19-27H2,1-2H3,(H,39,45)/t32-,33+,34+,35+/m1/s1. The van der Waals surface area contributed by atoms with Gasteiger partial charge in [0.15, 0.2) is 10.2 Å². The van der Waals surface area contributed by atoms with Crippen molar-refractivity contribution < 1.29 is 5.11 Å². The summed E-state index contributed by atoms with van der Waals surface area (Å²) in [6, 6.07) is 20.5. The summed E-state index contributed by atoms with van der Waals surface area (Å²) in [5, 5.41) is 15.5. The Hall–Kier alpha value is -2.42. The molecule has 0 radical (unpaired) electrons. The normalized spacial score (nSPS) is 25.2. The van der Waals surface area contributed by atoms with E-state index in [4.69, 9.17) is 24.4 Å². The summed E-state index contributed by atoms with van der Waals surface area (Å²) in [7, 11) is 0. The minimum atomic E-state index is 0.266. The maximum atomic E-state index is 10.0. The van der Waals surface area contributed by atoms with E-state index in [0.29, 0.717) is 29.8 Å². The molecular formula is C38H55N5OS2. The molecular weight excluding hydrogens is 607 g/mol. The predicted octanol–water partition coefficient (Wildman–Crippen LogP) is 6.47. The summed E-state index contributed by atoms with van der Waals surface area (Å²) >= 11 is 12.3. The molecule has 4 aliphatic rings. The Morgan fingerprint density at radius 1 is 0.826 bits per heavy atom. The topological polar surface area (TPSA) is 45.2 Å². The first-order valence-corrected chi connectivity index (χ1v) is 18.8. The molecule has 0 spiro atoms. The zero-order valence-electron chi connectivity index (χ0n) is 28.0. The van der Waals surface area contributed by atoms with Crippen LogP contribution >= 0.6 is 24.4 Å². The third kappa shape index (κ3) is 8.35. The Bertz CT molecular complexity index is 1280. The van der Waals surface area contributed by atoms with Gasteiger partial charge in [-0.3, -0.25) is 4.90 Å². The smallest absolute Gasteiger partial charge is 0.172 e. The summed E-state index contributed by atoms with van der Waals surface area (Å²) in [5.74, 6) is 1.71. The van der Waals surface area contributed by atoms with E-state index in [1.165, 1.54) is 62.5 Å².